The number of hydrogen-bond donors (Lipinski definition) is 1. The third-order valence-corrected chi connectivity index (χ3v) is 5.98. The van der Waals surface area contributed by atoms with Crippen molar-refractivity contribution in [2.75, 3.05) is 31.5 Å². The molecule has 1 saturated heterocycles. The molecule has 25 heavy (non-hydrogen) atoms. The first-order chi connectivity index (χ1) is 12.0. The van der Waals surface area contributed by atoms with Gasteiger partial charge in [-0.25, -0.2) is 8.42 Å². The lowest BCUT2D eigenvalue weighted by Crippen LogP contribution is -2.26. The predicted molar refractivity (Wildman–Crippen MR) is 98.5 cm³/mol. The van der Waals surface area contributed by atoms with Crippen LogP contribution in [0.2, 0.25) is 5.02 Å². The van der Waals surface area contributed by atoms with E-state index in [9.17, 15) is 8.42 Å². The van der Waals surface area contributed by atoms with Crippen LogP contribution in [0, 0.1) is 0 Å². The molecule has 2 heterocycles. The van der Waals surface area contributed by atoms with Gasteiger partial charge < -0.3 is 10.2 Å². The van der Waals surface area contributed by atoms with Crippen molar-refractivity contribution in [1.29, 1.82) is 0 Å². The van der Waals surface area contributed by atoms with E-state index in [-0.39, 0.29) is 10.8 Å². The third kappa shape index (κ3) is 5.14. The van der Waals surface area contributed by atoms with Gasteiger partial charge in [-0.3, -0.25) is 0 Å². The number of likely N-dealkylation sites (tertiary alicyclic amines) is 1. The Balaban J connectivity index is 1.57. The second kappa shape index (κ2) is 8.12. The number of nitrogens with zero attached hydrogens (tertiary/aromatic N) is 3. The van der Waals surface area contributed by atoms with Crippen LogP contribution in [0.5, 0.6) is 0 Å². The number of halogens is 1. The zero-order chi connectivity index (χ0) is 17.7. The molecule has 1 aliphatic heterocycles. The maximum Gasteiger partial charge on any atom is 0.201 e. The Kier molecular flexibility index (Phi) is 5.88. The molecule has 134 valence electrons. The fraction of sp³-hybridized carbons (Fsp3) is 0.412. The van der Waals surface area contributed by atoms with Crippen LogP contribution in [0.1, 0.15) is 18.4 Å². The number of rotatable bonds is 7. The summed E-state index contributed by atoms with van der Waals surface area (Å²) < 4.78 is 24.8. The van der Waals surface area contributed by atoms with E-state index < -0.39 is 9.84 Å². The third-order valence-electron chi connectivity index (χ3n) is 4.16. The molecule has 0 atom stereocenters. The van der Waals surface area contributed by atoms with Gasteiger partial charge in [0.15, 0.2) is 5.03 Å². The largest absolute Gasteiger partial charge is 0.367 e. The molecule has 0 bridgehead atoms. The molecule has 0 aliphatic carbocycles. The molecule has 0 unspecified atom stereocenters. The monoisotopic (exact) mass is 380 g/mol. The summed E-state index contributed by atoms with van der Waals surface area (Å²) in [7, 11) is -3.53. The van der Waals surface area contributed by atoms with Gasteiger partial charge in [0.2, 0.25) is 9.84 Å². The molecule has 8 heteroatoms. The van der Waals surface area contributed by atoms with E-state index in [2.05, 4.69) is 20.4 Å². The number of aromatic nitrogens is 2. The van der Waals surface area contributed by atoms with Crippen LogP contribution in [0.15, 0.2) is 41.4 Å². The molecule has 0 saturated carbocycles. The van der Waals surface area contributed by atoms with Gasteiger partial charge in [0, 0.05) is 18.1 Å². The fourth-order valence-electron chi connectivity index (χ4n) is 2.80. The van der Waals surface area contributed by atoms with E-state index in [1.165, 1.54) is 18.9 Å². The summed E-state index contributed by atoms with van der Waals surface area (Å²) in [6.07, 6.45) is 2.53. The highest BCUT2D eigenvalue weighted by atomic mass is 35.5. The number of nitrogens with one attached hydrogen (secondary N) is 1. The van der Waals surface area contributed by atoms with Crippen molar-refractivity contribution < 1.29 is 8.42 Å². The Morgan fingerprint density at radius 3 is 2.40 bits per heavy atom. The summed E-state index contributed by atoms with van der Waals surface area (Å²) in [5, 5.41) is 11.6. The van der Waals surface area contributed by atoms with Crippen LogP contribution in [0.4, 0.5) is 5.82 Å². The maximum atomic E-state index is 12.4. The van der Waals surface area contributed by atoms with E-state index >= 15 is 0 Å². The molecular weight excluding hydrogens is 360 g/mol. The lowest BCUT2D eigenvalue weighted by molar-refractivity contribution is 0.352. The average Bonchev–Trinajstić information content (AvgIpc) is 3.11. The summed E-state index contributed by atoms with van der Waals surface area (Å²) in [4.78, 5) is 2.39. The number of hydrogen-bond acceptors (Lipinski definition) is 6. The lowest BCUT2D eigenvalue weighted by Gasteiger charge is -2.14. The molecule has 3 rings (SSSR count). The summed E-state index contributed by atoms with van der Waals surface area (Å²) in [5.74, 6) is 0.463. The minimum Gasteiger partial charge on any atom is -0.367 e. The van der Waals surface area contributed by atoms with E-state index in [1.54, 1.807) is 30.3 Å². The Labute approximate surface area is 153 Å². The SMILES string of the molecule is O=S(=O)(Cc1ccc(Cl)cc1)c1ccc(NCCN2CCCC2)nn1. The Bertz CT molecular complexity index is 788. The second-order valence-electron chi connectivity index (χ2n) is 6.12. The van der Waals surface area contributed by atoms with Gasteiger partial charge in [-0.15, -0.1) is 10.2 Å². The number of anilines is 1. The van der Waals surface area contributed by atoms with E-state index in [0.29, 0.717) is 16.4 Å². The van der Waals surface area contributed by atoms with Crippen molar-refractivity contribution in [3.05, 3.63) is 47.0 Å². The summed E-state index contributed by atoms with van der Waals surface area (Å²) in [5.41, 5.74) is 0.666. The van der Waals surface area contributed by atoms with Gasteiger partial charge in [0.05, 0.1) is 5.75 Å². The molecule has 2 aromatic rings. The Hall–Kier alpha value is -1.70. The minimum atomic E-state index is -3.53. The van der Waals surface area contributed by atoms with Crippen LogP contribution in [-0.4, -0.2) is 49.7 Å². The zero-order valence-corrected chi connectivity index (χ0v) is 15.4. The van der Waals surface area contributed by atoms with Crippen molar-refractivity contribution in [3.63, 3.8) is 0 Å². The van der Waals surface area contributed by atoms with Crippen molar-refractivity contribution in [3.8, 4) is 0 Å². The molecule has 0 spiro atoms. The topological polar surface area (TPSA) is 75.2 Å². The van der Waals surface area contributed by atoms with Crippen molar-refractivity contribution in [2.45, 2.75) is 23.6 Å². The van der Waals surface area contributed by atoms with Crippen molar-refractivity contribution >= 4 is 27.3 Å². The van der Waals surface area contributed by atoms with Gasteiger partial charge >= 0.3 is 0 Å². The zero-order valence-electron chi connectivity index (χ0n) is 13.9. The summed E-state index contributed by atoms with van der Waals surface area (Å²) >= 11 is 5.82. The van der Waals surface area contributed by atoms with Crippen LogP contribution >= 0.6 is 11.6 Å². The Morgan fingerprint density at radius 1 is 1.04 bits per heavy atom. The molecule has 1 aromatic carbocycles. The van der Waals surface area contributed by atoms with Crippen LogP contribution in [0.25, 0.3) is 0 Å². The van der Waals surface area contributed by atoms with Gasteiger partial charge in [0.25, 0.3) is 0 Å². The van der Waals surface area contributed by atoms with Crippen LogP contribution in [-0.2, 0) is 15.6 Å². The number of sulfone groups is 1. The van der Waals surface area contributed by atoms with Gasteiger partial charge in [-0.1, -0.05) is 23.7 Å². The van der Waals surface area contributed by atoms with E-state index in [1.807, 2.05) is 0 Å². The highest BCUT2D eigenvalue weighted by molar-refractivity contribution is 7.90. The fourth-order valence-corrected chi connectivity index (χ4v) is 4.15. The average molecular weight is 381 g/mol. The van der Waals surface area contributed by atoms with Crippen molar-refractivity contribution in [2.24, 2.45) is 0 Å². The first-order valence-corrected chi connectivity index (χ1v) is 10.3. The highest BCUT2D eigenvalue weighted by Gasteiger charge is 2.18. The first-order valence-electron chi connectivity index (χ1n) is 8.30. The van der Waals surface area contributed by atoms with E-state index in [0.717, 1.165) is 26.2 Å². The molecule has 6 nitrogen and oxygen atoms in total. The quantitative estimate of drug-likeness (QED) is 0.795. The van der Waals surface area contributed by atoms with Crippen molar-refractivity contribution in [1.82, 2.24) is 15.1 Å². The standard InChI is InChI=1S/C17H21ClN4O2S/c18-15-5-3-14(4-6-15)13-25(23,24)17-8-7-16(20-21-17)19-9-12-22-10-1-2-11-22/h3-8H,1-2,9-13H2,(H,19,20). The van der Waals surface area contributed by atoms with Crippen LogP contribution < -0.4 is 5.32 Å². The molecule has 1 aromatic heterocycles. The second-order valence-corrected chi connectivity index (χ2v) is 8.49. The molecule has 1 aliphatic rings. The maximum absolute atomic E-state index is 12.4. The Morgan fingerprint density at radius 2 is 1.76 bits per heavy atom. The summed E-state index contributed by atoms with van der Waals surface area (Å²) in [6, 6.07) is 9.89. The first kappa shape index (κ1) is 18.1. The molecule has 1 fully saturated rings. The predicted octanol–water partition coefficient (Wildman–Crippen LogP) is 2.61. The van der Waals surface area contributed by atoms with Crippen LogP contribution in [0.3, 0.4) is 0 Å². The molecule has 1 N–H and O–H groups in total. The van der Waals surface area contributed by atoms with E-state index in [4.69, 9.17) is 11.6 Å². The number of benzene rings is 1. The lowest BCUT2D eigenvalue weighted by atomic mass is 10.2. The highest BCUT2D eigenvalue weighted by Crippen LogP contribution is 2.17. The minimum absolute atomic E-state index is 0.0208. The van der Waals surface area contributed by atoms with Gasteiger partial charge in [-0.05, 0) is 55.8 Å². The smallest absolute Gasteiger partial charge is 0.201 e. The summed E-state index contributed by atoms with van der Waals surface area (Å²) in [6.45, 7) is 4.02. The molecule has 0 radical (unpaired) electrons. The van der Waals surface area contributed by atoms with Gasteiger partial charge in [-0.2, -0.15) is 0 Å². The normalized spacial score (nSPS) is 15.4. The molecule has 0 amide bonds. The van der Waals surface area contributed by atoms with Gasteiger partial charge in [0.1, 0.15) is 5.82 Å². The molecular formula is C17H21ClN4O2S.